The Hall–Kier alpha value is -1.88. The Morgan fingerprint density at radius 2 is 1.89 bits per heavy atom. The molecule has 1 atom stereocenters. The fourth-order valence-electron chi connectivity index (χ4n) is 1.67. The van der Waals surface area contributed by atoms with Gasteiger partial charge in [-0.15, -0.1) is 0 Å². The van der Waals surface area contributed by atoms with Crippen molar-refractivity contribution in [1.82, 2.24) is 5.32 Å². The third kappa shape index (κ3) is 5.52. The largest absolute Gasteiger partial charge is 0.480 e. The zero-order valence-corrected chi connectivity index (χ0v) is 10.9. The zero-order chi connectivity index (χ0) is 14.3. The Morgan fingerprint density at radius 3 is 2.42 bits per heavy atom. The normalized spacial score (nSPS) is 11.9. The molecular formula is C14H19NO4. The number of carboxylic acids is 1. The molecule has 0 spiro atoms. The summed E-state index contributed by atoms with van der Waals surface area (Å²) >= 11 is 0. The molecule has 0 aliphatic heterocycles. The summed E-state index contributed by atoms with van der Waals surface area (Å²) in [6, 6.07) is 6.82. The molecule has 5 nitrogen and oxygen atoms in total. The molecule has 19 heavy (non-hydrogen) atoms. The average molecular weight is 265 g/mol. The number of carbonyl (C=O) groups is 2. The summed E-state index contributed by atoms with van der Waals surface area (Å²) in [6.07, 6.45) is 0.821. The monoisotopic (exact) mass is 265 g/mol. The van der Waals surface area contributed by atoms with Gasteiger partial charge in [-0.3, -0.25) is 4.79 Å². The van der Waals surface area contributed by atoms with Crippen molar-refractivity contribution in [3.8, 4) is 0 Å². The van der Waals surface area contributed by atoms with Crippen LogP contribution < -0.4 is 5.32 Å². The van der Waals surface area contributed by atoms with Crippen LogP contribution in [0, 0.1) is 6.92 Å². The van der Waals surface area contributed by atoms with Crippen LogP contribution in [0.4, 0.5) is 0 Å². The number of aliphatic hydroxyl groups is 1. The number of hydrogen-bond acceptors (Lipinski definition) is 3. The fourth-order valence-corrected chi connectivity index (χ4v) is 1.67. The summed E-state index contributed by atoms with van der Waals surface area (Å²) in [5.74, 6) is -1.45. The maximum atomic E-state index is 11.6. The van der Waals surface area contributed by atoms with Crippen molar-refractivity contribution in [3.63, 3.8) is 0 Å². The summed E-state index contributed by atoms with van der Waals surface area (Å²) in [5, 5.41) is 20.0. The quantitative estimate of drug-likeness (QED) is 0.683. The number of nitrogens with one attached hydrogen (secondary N) is 1. The van der Waals surface area contributed by atoms with E-state index in [1.54, 1.807) is 0 Å². The summed E-state index contributed by atoms with van der Waals surface area (Å²) in [4.78, 5) is 22.4. The molecule has 0 saturated heterocycles. The SMILES string of the molecule is Cc1ccc(CCC(=O)N[C@H](CCO)C(=O)O)cc1. The summed E-state index contributed by atoms with van der Waals surface area (Å²) in [7, 11) is 0. The van der Waals surface area contributed by atoms with E-state index < -0.39 is 12.0 Å². The van der Waals surface area contributed by atoms with Gasteiger partial charge in [0.15, 0.2) is 0 Å². The first-order chi connectivity index (χ1) is 9.02. The van der Waals surface area contributed by atoms with E-state index in [1.807, 2.05) is 31.2 Å². The molecule has 1 rings (SSSR count). The molecular weight excluding hydrogens is 246 g/mol. The molecule has 1 amide bonds. The molecule has 0 aliphatic rings. The highest BCUT2D eigenvalue weighted by atomic mass is 16.4. The van der Waals surface area contributed by atoms with Gasteiger partial charge in [0, 0.05) is 19.4 Å². The van der Waals surface area contributed by atoms with Crippen LogP contribution in [-0.2, 0) is 16.0 Å². The van der Waals surface area contributed by atoms with Crippen molar-refractivity contribution < 1.29 is 19.8 Å². The number of carboxylic acid groups (broad SMARTS) is 1. The first-order valence-corrected chi connectivity index (χ1v) is 6.21. The van der Waals surface area contributed by atoms with E-state index in [4.69, 9.17) is 10.2 Å². The van der Waals surface area contributed by atoms with Gasteiger partial charge in [0.1, 0.15) is 6.04 Å². The minimum atomic E-state index is -1.13. The standard InChI is InChI=1S/C14H19NO4/c1-10-2-4-11(5-3-10)6-7-13(17)15-12(8-9-16)14(18)19/h2-5,12,16H,6-9H2,1H3,(H,15,17)(H,18,19)/t12-/m1/s1. The second-order valence-electron chi connectivity index (χ2n) is 4.46. The highest BCUT2D eigenvalue weighted by molar-refractivity contribution is 5.83. The summed E-state index contributed by atoms with van der Waals surface area (Å²) in [6.45, 7) is 1.72. The lowest BCUT2D eigenvalue weighted by molar-refractivity contribution is -0.142. The van der Waals surface area contributed by atoms with Crippen LogP contribution in [0.3, 0.4) is 0 Å². The molecule has 0 unspecified atom stereocenters. The molecule has 0 aliphatic carbocycles. The Bertz CT molecular complexity index is 428. The fraction of sp³-hybridized carbons (Fsp3) is 0.429. The second-order valence-corrected chi connectivity index (χ2v) is 4.46. The van der Waals surface area contributed by atoms with Crippen LogP contribution >= 0.6 is 0 Å². The van der Waals surface area contributed by atoms with E-state index in [0.717, 1.165) is 11.1 Å². The van der Waals surface area contributed by atoms with Gasteiger partial charge in [0.2, 0.25) is 5.91 Å². The molecule has 1 aromatic rings. The van der Waals surface area contributed by atoms with Crippen molar-refractivity contribution in [2.24, 2.45) is 0 Å². The van der Waals surface area contributed by atoms with E-state index in [0.29, 0.717) is 6.42 Å². The number of amides is 1. The van der Waals surface area contributed by atoms with Crippen molar-refractivity contribution in [3.05, 3.63) is 35.4 Å². The number of benzene rings is 1. The topological polar surface area (TPSA) is 86.6 Å². The number of aryl methyl sites for hydroxylation is 2. The van der Waals surface area contributed by atoms with Crippen LogP contribution in [0.15, 0.2) is 24.3 Å². The van der Waals surface area contributed by atoms with Gasteiger partial charge in [0.05, 0.1) is 0 Å². The van der Waals surface area contributed by atoms with E-state index in [9.17, 15) is 9.59 Å². The lowest BCUT2D eigenvalue weighted by Gasteiger charge is -2.13. The Labute approximate surface area is 112 Å². The van der Waals surface area contributed by atoms with E-state index in [-0.39, 0.29) is 25.4 Å². The smallest absolute Gasteiger partial charge is 0.326 e. The van der Waals surface area contributed by atoms with Crippen molar-refractivity contribution in [1.29, 1.82) is 0 Å². The van der Waals surface area contributed by atoms with Crippen LogP contribution in [0.2, 0.25) is 0 Å². The molecule has 5 heteroatoms. The third-order valence-electron chi connectivity index (χ3n) is 2.81. The minimum Gasteiger partial charge on any atom is -0.480 e. The predicted octanol–water partition coefficient (Wildman–Crippen LogP) is 0.879. The lowest BCUT2D eigenvalue weighted by atomic mass is 10.1. The first-order valence-electron chi connectivity index (χ1n) is 6.21. The maximum absolute atomic E-state index is 11.6. The van der Waals surface area contributed by atoms with E-state index >= 15 is 0 Å². The highest BCUT2D eigenvalue weighted by Gasteiger charge is 2.18. The molecule has 0 bridgehead atoms. The van der Waals surface area contributed by atoms with Crippen molar-refractivity contribution >= 4 is 11.9 Å². The molecule has 1 aromatic carbocycles. The van der Waals surface area contributed by atoms with Crippen molar-refractivity contribution in [2.75, 3.05) is 6.61 Å². The molecule has 104 valence electrons. The van der Waals surface area contributed by atoms with Gasteiger partial charge in [-0.25, -0.2) is 4.79 Å². The van der Waals surface area contributed by atoms with Gasteiger partial charge < -0.3 is 15.5 Å². The van der Waals surface area contributed by atoms with Crippen molar-refractivity contribution in [2.45, 2.75) is 32.2 Å². The third-order valence-corrected chi connectivity index (χ3v) is 2.81. The average Bonchev–Trinajstić information content (AvgIpc) is 2.37. The number of aliphatic hydroxyl groups excluding tert-OH is 1. The number of hydrogen-bond donors (Lipinski definition) is 3. The van der Waals surface area contributed by atoms with Crippen LogP contribution in [-0.4, -0.2) is 34.7 Å². The number of aliphatic carboxylic acids is 1. The van der Waals surface area contributed by atoms with Crippen LogP contribution in [0.5, 0.6) is 0 Å². The molecule has 0 fully saturated rings. The maximum Gasteiger partial charge on any atom is 0.326 e. The Morgan fingerprint density at radius 1 is 1.26 bits per heavy atom. The molecule has 0 saturated carbocycles. The Kier molecular flexibility index (Phi) is 6.02. The molecule has 3 N–H and O–H groups in total. The van der Waals surface area contributed by atoms with Gasteiger partial charge in [-0.05, 0) is 18.9 Å². The second kappa shape index (κ2) is 7.53. The molecule has 0 aromatic heterocycles. The number of carbonyl (C=O) groups excluding carboxylic acids is 1. The van der Waals surface area contributed by atoms with Gasteiger partial charge >= 0.3 is 5.97 Å². The zero-order valence-electron chi connectivity index (χ0n) is 10.9. The number of rotatable bonds is 7. The molecule has 0 radical (unpaired) electrons. The molecule has 0 heterocycles. The minimum absolute atomic E-state index is 0.0194. The predicted molar refractivity (Wildman–Crippen MR) is 70.8 cm³/mol. The van der Waals surface area contributed by atoms with Crippen LogP contribution in [0.1, 0.15) is 24.0 Å². The summed E-state index contributed by atoms with van der Waals surface area (Å²) in [5.41, 5.74) is 2.19. The van der Waals surface area contributed by atoms with E-state index in [1.165, 1.54) is 0 Å². The summed E-state index contributed by atoms with van der Waals surface area (Å²) < 4.78 is 0. The van der Waals surface area contributed by atoms with Crippen LogP contribution in [0.25, 0.3) is 0 Å². The van der Waals surface area contributed by atoms with Gasteiger partial charge in [0.25, 0.3) is 0 Å². The first kappa shape index (κ1) is 15.2. The Balaban J connectivity index is 2.42. The van der Waals surface area contributed by atoms with E-state index in [2.05, 4.69) is 5.32 Å². The van der Waals surface area contributed by atoms with Gasteiger partial charge in [-0.1, -0.05) is 29.8 Å². The highest BCUT2D eigenvalue weighted by Crippen LogP contribution is 2.06. The lowest BCUT2D eigenvalue weighted by Crippen LogP contribution is -2.41. The van der Waals surface area contributed by atoms with Gasteiger partial charge in [-0.2, -0.15) is 0 Å².